The monoisotopic (exact) mass is 476 g/mol. The predicted octanol–water partition coefficient (Wildman–Crippen LogP) is 2.88. The fourth-order valence-corrected chi connectivity index (χ4v) is 5.20. The van der Waals surface area contributed by atoms with Gasteiger partial charge in [-0.1, -0.05) is 0 Å². The fraction of sp³-hybridized carbons (Fsp3) is 0.609. The van der Waals surface area contributed by atoms with Gasteiger partial charge in [0.2, 0.25) is 0 Å². The Morgan fingerprint density at radius 2 is 1.91 bits per heavy atom. The van der Waals surface area contributed by atoms with E-state index in [2.05, 4.69) is 21.8 Å². The van der Waals surface area contributed by atoms with E-state index >= 15 is 0 Å². The zero-order valence-corrected chi connectivity index (χ0v) is 20.4. The molecule has 2 atom stereocenters. The minimum absolute atomic E-state index is 0.00960. The molecular formula is C23H32N4O5S. The van der Waals surface area contributed by atoms with Crippen LogP contribution < -0.4 is 4.90 Å². The summed E-state index contributed by atoms with van der Waals surface area (Å²) >= 11 is 0. The van der Waals surface area contributed by atoms with Crippen LogP contribution in [0.4, 0.5) is 10.5 Å². The van der Waals surface area contributed by atoms with Crippen molar-refractivity contribution in [1.82, 2.24) is 4.90 Å². The molecule has 1 amide bonds. The van der Waals surface area contributed by atoms with Crippen LogP contribution in [0.15, 0.2) is 33.1 Å². The van der Waals surface area contributed by atoms with Gasteiger partial charge in [-0.05, 0) is 51.0 Å². The average Bonchev–Trinajstić information content (AvgIpc) is 3.18. The zero-order valence-electron chi connectivity index (χ0n) is 19.6. The minimum Gasteiger partial charge on any atom is -0.477 e. The third-order valence-electron chi connectivity index (χ3n) is 6.30. The van der Waals surface area contributed by atoms with Crippen molar-refractivity contribution in [2.45, 2.75) is 63.3 Å². The number of nitrogens with zero attached hydrogens (tertiary/aromatic N) is 4. The van der Waals surface area contributed by atoms with Gasteiger partial charge in [-0.2, -0.15) is 0 Å². The van der Waals surface area contributed by atoms with E-state index in [0.717, 1.165) is 37.1 Å². The van der Waals surface area contributed by atoms with Gasteiger partial charge in [0.05, 0.1) is 16.9 Å². The molecule has 0 saturated carbocycles. The number of likely N-dealkylation sites (tertiary alicyclic amines) is 1. The van der Waals surface area contributed by atoms with E-state index in [1.165, 1.54) is 6.26 Å². The highest BCUT2D eigenvalue weighted by molar-refractivity contribution is 7.90. The molecular weight excluding hydrogens is 444 g/mol. The second kappa shape index (κ2) is 9.32. The van der Waals surface area contributed by atoms with Crippen molar-refractivity contribution in [3.05, 3.63) is 23.8 Å². The highest BCUT2D eigenvalue weighted by Crippen LogP contribution is 2.35. The number of carbonyl (C=O) groups is 1. The second-order valence-corrected chi connectivity index (χ2v) is 11.2. The third kappa shape index (κ3) is 5.15. The van der Waals surface area contributed by atoms with E-state index in [1.54, 1.807) is 23.4 Å². The van der Waals surface area contributed by atoms with Gasteiger partial charge in [-0.15, -0.1) is 0 Å². The van der Waals surface area contributed by atoms with Gasteiger partial charge in [0.15, 0.2) is 15.7 Å². The zero-order chi connectivity index (χ0) is 23.8. The van der Waals surface area contributed by atoms with Gasteiger partial charge in [0, 0.05) is 44.4 Å². The van der Waals surface area contributed by atoms with Crippen LogP contribution in [-0.2, 0) is 25.7 Å². The van der Waals surface area contributed by atoms with Crippen molar-refractivity contribution in [3.8, 4) is 0 Å². The lowest BCUT2D eigenvalue weighted by molar-refractivity contribution is 0.0470. The number of anilines is 1. The molecule has 1 aromatic carbocycles. The number of amides is 1. The van der Waals surface area contributed by atoms with Crippen molar-refractivity contribution >= 4 is 33.9 Å². The molecule has 1 fully saturated rings. The molecule has 1 aromatic rings. The Labute approximate surface area is 195 Å². The standard InChI is InChI=1S/C23H32N4O5S/c1-15(2)31-23(28)26-10-8-18(9-11-26)32-22-16(3)21(24-14-25-22)27-12-7-17-13-19(33(4,29)30)5-6-20(17)27/h5-6,13-16,18,21H,7-12H2,1-4H3/t16?,21-/m1/s1. The number of hydrogen-bond donors (Lipinski definition) is 0. The first-order chi connectivity index (χ1) is 15.6. The van der Waals surface area contributed by atoms with Gasteiger partial charge >= 0.3 is 6.09 Å². The lowest BCUT2D eigenvalue weighted by atomic mass is 10.0. The Morgan fingerprint density at radius 1 is 1.18 bits per heavy atom. The number of carbonyl (C=O) groups excluding carboxylic acids is 1. The highest BCUT2D eigenvalue weighted by atomic mass is 32.2. The normalized spacial score (nSPS) is 23.5. The van der Waals surface area contributed by atoms with Crippen molar-refractivity contribution in [1.29, 1.82) is 0 Å². The Bertz CT molecular complexity index is 1060. The molecule has 9 nitrogen and oxygen atoms in total. The summed E-state index contributed by atoms with van der Waals surface area (Å²) in [5.74, 6) is 0.596. The Hall–Kier alpha value is -2.62. The van der Waals surface area contributed by atoms with Crippen LogP contribution >= 0.6 is 0 Å². The smallest absolute Gasteiger partial charge is 0.410 e. The van der Waals surface area contributed by atoms with Crippen LogP contribution in [0.1, 0.15) is 39.2 Å². The number of benzene rings is 1. The predicted molar refractivity (Wildman–Crippen MR) is 127 cm³/mol. The first-order valence-corrected chi connectivity index (χ1v) is 13.3. The van der Waals surface area contributed by atoms with Gasteiger partial charge < -0.3 is 19.3 Å². The van der Waals surface area contributed by atoms with Gasteiger partial charge in [-0.3, -0.25) is 0 Å². The number of ether oxygens (including phenoxy) is 2. The van der Waals surface area contributed by atoms with Crippen molar-refractivity contribution < 1.29 is 22.7 Å². The SMILES string of the molecule is CC(C)OC(=O)N1CCC(OC2=NC=N[C@H](N3CCc4cc(S(C)(=O)=O)ccc43)C2C)CC1. The van der Waals surface area contributed by atoms with Crippen LogP contribution in [0.25, 0.3) is 0 Å². The summed E-state index contributed by atoms with van der Waals surface area (Å²) < 4.78 is 35.4. The van der Waals surface area contributed by atoms with E-state index in [-0.39, 0.29) is 30.4 Å². The van der Waals surface area contributed by atoms with Crippen LogP contribution in [0.5, 0.6) is 0 Å². The molecule has 3 heterocycles. The van der Waals surface area contributed by atoms with Crippen molar-refractivity contribution in [3.63, 3.8) is 0 Å². The van der Waals surface area contributed by atoms with Crippen LogP contribution in [0.2, 0.25) is 0 Å². The molecule has 0 bridgehead atoms. The first kappa shape index (κ1) is 23.5. The molecule has 1 saturated heterocycles. The number of piperidine rings is 1. The van der Waals surface area contributed by atoms with E-state index in [9.17, 15) is 13.2 Å². The van der Waals surface area contributed by atoms with E-state index in [1.807, 2.05) is 19.9 Å². The van der Waals surface area contributed by atoms with Crippen molar-refractivity contribution in [2.75, 3.05) is 30.8 Å². The van der Waals surface area contributed by atoms with Gasteiger partial charge in [0.1, 0.15) is 18.6 Å². The topological polar surface area (TPSA) is 101 Å². The van der Waals surface area contributed by atoms with E-state index in [0.29, 0.717) is 23.9 Å². The van der Waals surface area contributed by atoms with Gasteiger partial charge in [-0.25, -0.2) is 23.2 Å². The molecule has 4 rings (SSSR count). The molecule has 33 heavy (non-hydrogen) atoms. The van der Waals surface area contributed by atoms with Crippen LogP contribution in [0, 0.1) is 5.92 Å². The molecule has 0 N–H and O–H groups in total. The summed E-state index contributed by atoms with van der Waals surface area (Å²) in [7, 11) is -3.24. The summed E-state index contributed by atoms with van der Waals surface area (Å²) in [5, 5.41) is 0. The number of aliphatic imine (C=N–C) groups is 2. The molecule has 0 aliphatic carbocycles. The third-order valence-corrected chi connectivity index (χ3v) is 7.41. The van der Waals surface area contributed by atoms with E-state index in [4.69, 9.17) is 9.47 Å². The maximum atomic E-state index is 12.1. The summed E-state index contributed by atoms with van der Waals surface area (Å²) in [6.45, 7) is 7.70. The number of fused-ring (bicyclic) bond motifs is 1. The largest absolute Gasteiger partial charge is 0.477 e. The van der Waals surface area contributed by atoms with E-state index < -0.39 is 9.84 Å². The molecule has 10 heteroatoms. The molecule has 3 aliphatic heterocycles. The molecule has 0 spiro atoms. The lowest BCUT2D eigenvalue weighted by Gasteiger charge is -2.36. The highest BCUT2D eigenvalue weighted by Gasteiger charge is 2.36. The summed E-state index contributed by atoms with van der Waals surface area (Å²) in [5.41, 5.74) is 2.03. The minimum atomic E-state index is -3.24. The summed E-state index contributed by atoms with van der Waals surface area (Å²) in [6, 6.07) is 5.30. The number of sulfone groups is 1. The quantitative estimate of drug-likeness (QED) is 0.662. The molecule has 180 valence electrons. The molecule has 0 aromatic heterocycles. The Morgan fingerprint density at radius 3 is 2.58 bits per heavy atom. The Kier molecular flexibility index (Phi) is 6.65. The number of rotatable bonds is 4. The second-order valence-electron chi connectivity index (χ2n) is 9.18. The Balaban J connectivity index is 1.38. The lowest BCUT2D eigenvalue weighted by Crippen LogP contribution is -2.46. The van der Waals surface area contributed by atoms with Crippen LogP contribution in [-0.4, -0.2) is 75.9 Å². The molecule has 3 aliphatic rings. The average molecular weight is 477 g/mol. The summed E-state index contributed by atoms with van der Waals surface area (Å²) in [4.78, 5) is 25.4. The molecule has 0 radical (unpaired) electrons. The van der Waals surface area contributed by atoms with Crippen LogP contribution in [0.3, 0.4) is 0 Å². The van der Waals surface area contributed by atoms with Crippen molar-refractivity contribution in [2.24, 2.45) is 15.9 Å². The maximum absolute atomic E-state index is 12.1. The number of hydrogen-bond acceptors (Lipinski definition) is 8. The first-order valence-electron chi connectivity index (χ1n) is 11.4. The fourth-order valence-electron chi connectivity index (χ4n) is 4.53. The summed E-state index contributed by atoms with van der Waals surface area (Å²) in [6.07, 6.45) is 4.43. The van der Waals surface area contributed by atoms with Gasteiger partial charge in [0.25, 0.3) is 0 Å². The molecule has 1 unspecified atom stereocenters. The maximum Gasteiger partial charge on any atom is 0.410 e.